The Morgan fingerprint density at radius 1 is 1.28 bits per heavy atom. The number of aliphatic imine (C=N–C) groups is 2. The van der Waals surface area contributed by atoms with Gasteiger partial charge in [-0.1, -0.05) is 6.07 Å². The van der Waals surface area contributed by atoms with Crippen LogP contribution in [0.1, 0.15) is 13.8 Å². The lowest BCUT2D eigenvalue weighted by Gasteiger charge is -2.38. The molecule has 0 aliphatic carbocycles. The Kier molecular flexibility index (Phi) is 3.21. The van der Waals surface area contributed by atoms with Crippen LogP contribution >= 0.6 is 11.8 Å². The molecule has 96 valence electrons. The van der Waals surface area contributed by atoms with E-state index < -0.39 is 5.66 Å². The Hall–Kier alpha value is -1.69. The molecule has 4 N–H and O–H groups in total. The van der Waals surface area contributed by atoms with E-state index in [9.17, 15) is 0 Å². The van der Waals surface area contributed by atoms with Crippen molar-refractivity contribution in [2.24, 2.45) is 21.5 Å². The molecule has 5 nitrogen and oxygen atoms in total. The van der Waals surface area contributed by atoms with Gasteiger partial charge in [0.05, 0.1) is 0 Å². The van der Waals surface area contributed by atoms with E-state index in [1.54, 1.807) is 11.8 Å². The summed E-state index contributed by atoms with van der Waals surface area (Å²) in [6.07, 6.45) is 2.04. The minimum absolute atomic E-state index is 0.217. The van der Waals surface area contributed by atoms with Crippen molar-refractivity contribution in [1.82, 2.24) is 0 Å². The van der Waals surface area contributed by atoms with Crippen LogP contribution in [0.15, 0.2) is 39.1 Å². The fourth-order valence-electron chi connectivity index (χ4n) is 2.00. The SMILES string of the molecule is CSc1cccc(N2C(N)=NC(N)=NC2(C)C)c1. The minimum Gasteiger partial charge on any atom is -0.369 e. The Balaban J connectivity index is 2.46. The molecule has 2 rings (SSSR count). The molecular weight excluding hydrogens is 246 g/mol. The summed E-state index contributed by atoms with van der Waals surface area (Å²) in [6.45, 7) is 3.90. The van der Waals surface area contributed by atoms with Crippen LogP contribution in [-0.4, -0.2) is 23.8 Å². The lowest BCUT2D eigenvalue weighted by atomic mass is 10.1. The highest BCUT2D eigenvalue weighted by Crippen LogP contribution is 2.29. The molecule has 1 aromatic carbocycles. The average Bonchev–Trinajstić information content (AvgIpc) is 2.26. The van der Waals surface area contributed by atoms with Gasteiger partial charge >= 0.3 is 0 Å². The van der Waals surface area contributed by atoms with Gasteiger partial charge in [-0.3, -0.25) is 4.90 Å². The van der Waals surface area contributed by atoms with Crippen LogP contribution in [-0.2, 0) is 0 Å². The van der Waals surface area contributed by atoms with E-state index in [-0.39, 0.29) is 5.96 Å². The number of hydrogen-bond donors (Lipinski definition) is 2. The molecule has 0 radical (unpaired) electrons. The molecular formula is C12H17N5S. The Bertz CT molecular complexity index is 521. The van der Waals surface area contributed by atoms with Crippen LogP contribution in [0.25, 0.3) is 0 Å². The molecule has 1 aliphatic rings. The van der Waals surface area contributed by atoms with Crippen LogP contribution in [0.5, 0.6) is 0 Å². The summed E-state index contributed by atoms with van der Waals surface area (Å²) >= 11 is 1.68. The molecule has 0 fully saturated rings. The monoisotopic (exact) mass is 263 g/mol. The first-order valence-electron chi connectivity index (χ1n) is 5.58. The highest BCUT2D eigenvalue weighted by atomic mass is 32.2. The summed E-state index contributed by atoms with van der Waals surface area (Å²) in [5, 5.41) is 0. The number of benzene rings is 1. The van der Waals surface area contributed by atoms with Gasteiger partial charge in [-0.15, -0.1) is 11.8 Å². The van der Waals surface area contributed by atoms with Gasteiger partial charge in [-0.2, -0.15) is 4.99 Å². The number of anilines is 1. The quantitative estimate of drug-likeness (QED) is 0.794. The number of nitrogens with zero attached hydrogens (tertiary/aromatic N) is 3. The molecule has 1 aliphatic heterocycles. The third-order valence-electron chi connectivity index (χ3n) is 2.71. The van der Waals surface area contributed by atoms with Gasteiger partial charge in [-0.25, -0.2) is 4.99 Å². The molecule has 0 amide bonds. The summed E-state index contributed by atoms with van der Waals surface area (Å²) in [5.41, 5.74) is 12.1. The number of guanidine groups is 2. The van der Waals surface area contributed by atoms with Gasteiger partial charge < -0.3 is 11.5 Å². The van der Waals surface area contributed by atoms with Gasteiger partial charge in [0.1, 0.15) is 5.66 Å². The summed E-state index contributed by atoms with van der Waals surface area (Å²) in [7, 11) is 0. The zero-order chi connectivity index (χ0) is 13.3. The number of nitrogens with two attached hydrogens (primary N) is 2. The van der Waals surface area contributed by atoms with E-state index in [1.165, 1.54) is 4.90 Å². The van der Waals surface area contributed by atoms with Gasteiger partial charge in [-0.05, 0) is 38.3 Å². The van der Waals surface area contributed by atoms with E-state index in [4.69, 9.17) is 11.5 Å². The number of thioether (sulfide) groups is 1. The predicted molar refractivity (Wildman–Crippen MR) is 78.0 cm³/mol. The van der Waals surface area contributed by atoms with Gasteiger partial charge in [0.25, 0.3) is 0 Å². The number of hydrogen-bond acceptors (Lipinski definition) is 6. The normalized spacial score (nSPS) is 18.3. The molecule has 0 spiro atoms. The maximum absolute atomic E-state index is 5.98. The van der Waals surface area contributed by atoms with Crippen molar-refractivity contribution in [3.8, 4) is 0 Å². The summed E-state index contributed by atoms with van der Waals surface area (Å²) in [5.74, 6) is 0.584. The molecule has 0 atom stereocenters. The first-order chi connectivity index (χ1) is 8.44. The van der Waals surface area contributed by atoms with Crippen molar-refractivity contribution in [1.29, 1.82) is 0 Å². The maximum Gasteiger partial charge on any atom is 0.220 e. The van der Waals surface area contributed by atoms with Crippen molar-refractivity contribution in [3.63, 3.8) is 0 Å². The van der Waals surface area contributed by atoms with E-state index in [0.717, 1.165) is 5.69 Å². The Labute approximate surface area is 111 Å². The van der Waals surface area contributed by atoms with Crippen LogP contribution in [0.2, 0.25) is 0 Å². The zero-order valence-electron chi connectivity index (χ0n) is 10.7. The topological polar surface area (TPSA) is 80.0 Å². The molecule has 18 heavy (non-hydrogen) atoms. The second kappa shape index (κ2) is 4.53. The number of rotatable bonds is 2. The second-order valence-electron chi connectivity index (χ2n) is 4.47. The van der Waals surface area contributed by atoms with Crippen molar-refractivity contribution in [2.45, 2.75) is 24.4 Å². The van der Waals surface area contributed by atoms with Crippen molar-refractivity contribution in [3.05, 3.63) is 24.3 Å². The first kappa shape index (κ1) is 12.8. The van der Waals surface area contributed by atoms with Crippen molar-refractivity contribution >= 4 is 29.4 Å². The molecule has 0 saturated heterocycles. The van der Waals surface area contributed by atoms with Crippen molar-refractivity contribution in [2.75, 3.05) is 11.2 Å². The lowest BCUT2D eigenvalue weighted by Crippen LogP contribution is -2.54. The highest BCUT2D eigenvalue weighted by molar-refractivity contribution is 7.98. The van der Waals surface area contributed by atoms with Gasteiger partial charge in [0, 0.05) is 10.6 Å². The third-order valence-corrected chi connectivity index (χ3v) is 3.43. The van der Waals surface area contributed by atoms with Crippen LogP contribution in [0, 0.1) is 0 Å². The smallest absolute Gasteiger partial charge is 0.220 e. The van der Waals surface area contributed by atoms with Gasteiger partial charge in [0.15, 0.2) is 0 Å². The fourth-order valence-corrected chi connectivity index (χ4v) is 2.45. The largest absolute Gasteiger partial charge is 0.369 e. The van der Waals surface area contributed by atoms with Crippen LogP contribution in [0.4, 0.5) is 5.69 Å². The molecule has 0 aromatic heterocycles. The molecule has 0 bridgehead atoms. The van der Waals surface area contributed by atoms with Crippen LogP contribution < -0.4 is 16.4 Å². The maximum atomic E-state index is 5.98. The predicted octanol–water partition coefficient (Wildman–Crippen LogP) is 1.59. The molecule has 0 unspecified atom stereocenters. The Morgan fingerprint density at radius 2 is 2.00 bits per heavy atom. The summed E-state index contributed by atoms with van der Waals surface area (Å²) < 4.78 is 0. The second-order valence-corrected chi connectivity index (χ2v) is 5.35. The standard InChI is InChI=1S/C12H17N5S/c1-12(2)16-10(13)15-11(14)17(12)8-5-4-6-9(7-8)18-3/h4-7H,1-3H3,(H4,13,14,15,16). The summed E-state index contributed by atoms with van der Waals surface area (Å²) in [4.78, 5) is 11.4. The molecule has 0 saturated carbocycles. The lowest BCUT2D eigenvalue weighted by molar-refractivity contribution is 0.533. The van der Waals surface area contributed by atoms with Crippen LogP contribution in [0.3, 0.4) is 0 Å². The minimum atomic E-state index is -0.535. The third kappa shape index (κ3) is 2.28. The highest BCUT2D eigenvalue weighted by Gasteiger charge is 2.32. The van der Waals surface area contributed by atoms with E-state index in [2.05, 4.69) is 22.1 Å². The molecule has 6 heteroatoms. The van der Waals surface area contributed by atoms with Gasteiger partial charge in [0.2, 0.25) is 11.9 Å². The molecule has 1 aromatic rings. The fraction of sp³-hybridized carbons (Fsp3) is 0.333. The first-order valence-corrected chi connectivity index (χ1v) is 6.80. The van der Waals surface area contributed by atoms with E-state index >= 15 is 0 Å². The van der Waals surface area contributed by atoms with E-state index in [0.29, 0.717) is 5.96 Å². The van der Waals surface area contributed by atoms with Crippen molar-refractivity contribution < 1.29 is 0 Å². The zero-order valence-corrected chi connectivity index (χ0v) is 11.5. The Morgan fingerprint density at radius 3 is 2.61 bits per heavy atom. The van der Waals surface area contributed by atoms with E-state index in [1.807, 2.05) is 37.1 Å². The average molecular weight is 263 g/mol. The molecule has 1 heterocycles. The summed E-state index contributed by atoms with van der Waals surface area (Å²) in [6, 6.07) is 8.09.